The van der Waals surface area contributed by atoms with Gasteiger partial charge in [0, 0.05) is 49.1 Å². The average molecular weight is 499 g/mol. The summed E-state index contributed by atoms with van der Waals surface area (Å²) in [5.41, 5.74) is 5.90. The maximum absolute atomic E-state index is 13.3. The number of nitrogens with one attached hydrogen (secondary N) is 3. The summed E-state index contributed by atoms with van der Waals surface area (Å²) in [7, 11) is 0. The van der Waals surface area contributed by atoms with E-state index in [1.165, 1.54) is 18.5 Å². The van der Waals surface area contributed by atoms with Crippen LogP contribution in [0.2, 0.25) is 0 Å². The lowest BCUT2D eigenvalue weighted by molar-refractivity contribution is 0.271. The van der Waals surface area contributed by atoms with E-state index >= 15 is 0 Å². The minimum absolute atomic E-state index is 0.143. The predicted molar refractivity (Wildman–Crippen MR) is 148 cm³/mol. The highest BCUT2D eigenvalue weighted by molar-refractivity contribution is 5.89. The Morgan fingerprint density at radius 3 is 2.46 bits per heavy atom. The Kier molecular flexibility index (Phi) is 6.38. The first-order valence-electron chi connectivity index (χ1n) is 13.4. The number of fused-ring (bicyclic) bond motifs is 1. The molecule has 1 saturated carbocycles. The fourth-order valence-corrected chi connectivity index (χ4v) is 5.95. The van der Waals surface area contributed by atoms with Crippen LogP contribution in [-0.4, -0.2) is 62.8 Å². The van der Waals surface area contributed by atoms with E-state index < -0.39 is 0 Å². The molecule has 6 rings (SSSR count). The van der Waals surface area contributed by atoms with Crippen LogP contribution in [0.4, 0.5) is 17.3 Å². The molecule has 0 spiro atoms. The van der Waals surface area contributed by atoms with Crippen molar-refractivity contribution in [2.45, 2.75) is 45.4 Å². The third-order valence-corrected chi connectivity index (χ3v) is 7.93. The second-order valence-corrected chi connectivity index (χ2v) is 10.1. The van der Waals surface area contributed by atoms with E-state index in [1.807, 2.05) is 13.0 Å². The number of aryl methyl sites for hydroxylation is 1. The van der Waals surface area contributed by atoms with Crippen molar-refractivity contribution < 1.29 is 0 Å². The van der Waals surface area contributed by atoms with E-state index in [2.05, 4.69) is 61.5 Å². The SMILES string of the molecule is CCN1CCN(c2ccc(Nc3nc(C)c4c(C5CCCC5)c(-c5ccn[nH]5)c(=O)[nH]c4n3)cc2)CC1. The Morgan fingerprint density at radius 2 is 1.78 bits per heavy atom. The molecule has 9 heteroatoms. The van der Waals surface area contributed by atoms with Crippen LogP contribution in [-0.2, 0) is 0 Å². The summed E-state index contributed by atoms with van der Waals surface area (Å²) in [6.45, 7) is 9.63. The van der Waals surface area contributed by atoms with Gasteiger partial charge in [0.25, 0.3) is 5.56 Å². The zero-order chi connectivity index (χ0) is 25.4. The lowest BCUT2D eigenvalue weighted by atomic mass is 9.89. The number of hydrogen-bond acceptors (Lipinski definition) is 7. The molecule has 4 aromatic rings. The van der Waals surface area contributed by atoms with Gasteiger partial charge in [-0.1, -0.05) is 19.8 Å². The maximum Gasteiger partial charge on any atom is 0.259 e. The maximum atomic E-state index is 13.3. The molecule has 9 nitrogen and oxygen atoms in total. The standard InChI is InChI=1S/C28H34N8O/c1-3-35-14-16-36(17-15-35)21-10-8-20(9-11-21)31-28-30-18(2)23-24(19-6-4-5-7-19)25(22-12-13-29-34-22)27(37)32-26(23)33-28/h8-13,19H,3-7,14-17H2,1-2H3,(H,29,34)(H2,30,31,32,33,37). The second-order valence-electron chi connectivity index (χ2n) is 10.1. The van der Waals surface area contributed by atoms with Crippen LogP contribution in [0.15, 0.2) is 41.3 Å². The molecule has 0 amide bonds. The minimum atomic E-state index is -0.143. The molecule has 3 aromatic heterocycles. The summed E-state index contributed by atoms with van der Waals surface area (Å²) in [5, 5.41) is 11.4. The van der Waals surface area contributed by atoms with Crippen LogP contribution in [0.25, 0.3) is 22.3 Å². The summed E-state index contributed by atoms with van der Waals surface area (Å²) in [5.74, 6) is 0.799. The van der Waals surface area contributed by atoms with Crippen molar-refractivity contribution in [3.63, 3.8) is 0 Å². The van der Waals surface area contributed by atoms with Gasteiger partial charge >= 0.3 is 0 Å². The van der Waals surface area contributed by atoms with E-state index in [1.54, 1.807) is 6.20 Å². The number of anilines is 3. The first kappa shape index (κ1) is 23.7. The van der Waals surface area contributed by atoms with Gasteiger partial charge in [-0.3, -0.25) is 9.89 Å². The zero-order valence-electron chi connectivity index (χ0n) is 21.5. The normalized spacial score (nSPS) is 17.1. The first-order chi connectivity index (χ1) is 18.1. The quantitative estimate of drug-likeness (QED) is 0.358. The van der Waals surface area contributed by atoms with Gasteiger partial charge in [0.1, 0.15) is 5.65 Å². The van der Waals surface area contributed by atoms with Crippen LogP contribution in [0.5, 0.6) is 0 Å². The van der Waals surface area contributed by atoms with E-state index in [0.717, 1.165) is 73.6 Å². The molecule has 0 bridgehead atoms. The highest BCUT2D eigenvalue weighted by Gasteiger charge is 2.27. The zero-order valence-corrected chi connectivity index (χ0v) is 21.5. The molecule has 0 radical (unpaired) electrons. The Hall–Kier alpha value is -3.72. The molecule has 1 aromatic carbocycles. The molecule has 1 saturated heterocycles. The number of H-pyrrole nitrogens is 2. The topological polar surface area (TPSA) is 106 Å². The van der Waals surface area contributed by atoms with Crippen LogP contribution in [0.1, 0.15) is 49.8 Å². The van der Waals surface area contributed by atoms with Gasteiger partial charge in [0.05, 0.1) is 17.0 Å². The molecule has 2 fully saturated rings. The van der Waals surface area contributed by atoms with Gasteiger partial charge in [0.15, 0.2) is 0 Å². The van der Waals surface area contributed by atoms with Crippen LogP contribution in [0.3, 0.4) is 0 Å². The van der Waals surface area contributed by atoms with Gasteiger partial charge in [-0.05, 0) is 68.1 Å². The number of aromatic amines is 2. The first-order valence-corrected chi connectivity index (χ1v) is 13.4. The number of aromatic nitrogens is 5. The van der Waals surface area contributed by atoms with E-state index in [0.29, 0.717) is 23.1 Å². The van der Waals surface area contributed by atoms with Gasteiger partial charge in [-0.25, -0.2) is 4.98 Å². The molecule has 3 N–H and O–H groups in total. The second kappa shape index (κ2) is 9.97. The number of nitrogens with zero attached hydrogens (tertiary/aromatic N) is 5. The molecule has 4 heterocycles. The molecule has 192 valence electrons. The highest BCUT2D eigenvalue weighted by atomic mass is 16.1. The predicted octanol–water partition coefficient (Wildman–Crippen LogP) is 4.56. The summed E-state index contributed by atoms with van der Waals surface area (Å²) in [6, 6.07) is 10.3. The Balaban J connectivity index is 1.32. The molecule has 1 aliphatic heterocycles. The molecule has 2 aliphatic rings. The Morgan fingerprint density at radius 1 is 1.03 bits per heavy atom. The Bertz CT molecular complexity index is 1430. The summed E-state index contributed by atoms with van der Waals surface area (Å²) < 4.78 is 0. The number of likely N-dealkylation sites (N-methyl/N-ethyl adjacent to an activating group) is 1. The average Bonchev–Trinajstić information content (AvgIpc) is 3.63. The summed E-state index contributed by atoms with van der Waals surface area (Å²) in [4.78, 5) is 30.8. The molecule has 37 heavy (non-hydrogen) atoms. The lowest BCUT2D eigenvalue weighted by Gasteiger charge is -2.35. The summed E-state index contributed by atoms with van der Waals surface area (Å²) in [6.07, 6.45) is 6.17. The van der Waals surface area contributed by atoms with Crippen molar-refractivity contribution in [1.82, 2.24) is 30.0 Å². The van der Waals surface area contributed by atoms with E-state index in [9.17, 15) is 4.79 Å². The van der Waals surface area contributed by atoms with E-state index in [4.69, 9.17) is 9.97 Å². The van der Waals surface area contributed by atoms with Gasteiger partial charge < -0.3 is 20.1 Å². The van der Waals surface area contributed by atoms with Crippen LogP contribution >= 0.6 is 0 Å². The minimum Gasteiger partial charge on any atom is -0.369 e. The Labute approximate surface area is 216 Å². The molecule has 0 atom stereocenters. The van der Waals surface area contributed by atoms with Gasteiger partial charge in [-0.15, -0.1) is 0 Å². The van der Waals surface area contributed by atoms with Crippen molar-refractivity contribution in [2.75, 3.05) is 42.9 Å². The largest absolute Gasteiger partial charge is 0.369 e. The monoisotopic (exact) mass is 498 g/mol. The highest BCUT2D eigenvalue weighted by Crippen LogP contribution is 2.41. The number of benzene rings is 1. The van der Waals surface area contributed by atoms with Crippen molar-refractivity contribution in [3.05, 3.63) is 58.1 Å². The van der Waals surface area contributed by atoms with Crippen molar-refractivity contribution in [1.29, 1.82) is 0 Å². The van der Waals surface area contributed by atoms with Crippen molar-refractivity contribution >= 4 is 28.4 Å². The lowest BCUT2D eigenvalue weighted by Crippen LogP contribution is -2.46. The van der Waals surface area contributed by atoms with Gasteiger partial charge in [0.2, 0.25) is 5.95 Å². The van der Waals surface area contributed by atoms with Crippen molar-refractivity contribution in [2.24, 2.45) is 0 Å². The van der Waals surface area contributed by atoms with Gasteiger partial charge in [-0.2, -0.15) is 10.1 Å². The fourth-order valence-electron chi connectivity index (χ4n) is 5.95. The third-order valence-electron chi connectivity index (χ3n) is 7.93. The third kappa shape index (κ3) is 4.59. The smallest absolute Gasteiger partial charge is 0.259 e. The molecular weight excluding hydrogens is 464 g/mol. The fraction of sp³-hybridized carbons (Fsp3) is 0.429. The van der Waals surface area contributed by atoms with E-state index in [-0.39, 0.29) is 5.56 Å². The molecule has 1 aliphatic carbocycles. The molecular formula is C28H34N8O. The number of rotatable bonds is 6. The number of hydrogen-bond donors (Lipinski definition) is 3. The number of pyridine rings is 1. The van der Waals surface area contributed by atoms with Crippen molar-refractivity contribution in [3.8, 4) is 11.3 Å². The number of piperazine rings is 1. The molecule has 0 unspecified atom stereocenters. The summed E-state index contributed by atoms with van der Waals surface area (Å²) >= 11 is 0. The van der Waals surface area contributed by atoms with Crippen LogP contribution in [0, 0.1) is 6.92 Å². The van der Waals surface area contributed by atoms with Crippen LogP contribution < -0.4 is 15.8 Å².